The van der Waals surface area contributed by atoms with Gasteiger partial charge < -0.3 is 5.32 Å². The van der Waals surface area contributed by atoms with Gasteiger partial charge in [-0.05, 0) is 80.0 Å². The second kappa shape index (κ2) is 9.56. The van der Waals surface area contributed by atoms with Crippen LogP contribution in [0.1, 0.15) is 36.8 Å². The topological polar surface area (TPSA) is 79.4 Å². The maximum absolute atomic E-state index is 13.1. The zero-order valence-electron chi connectivity index (χ0n) is 18.7. The summed E-state index contributed by atoms with van der Waals surface area (Å²) in [6.07, 6.45) is 5.56. The smallest absolute Gasteiger partial charge is 0.243 e. The predicted octanol–water partition coefficient (Wildman–Crippen LogP) is 4.87. The monoisotopic (exact) mass is 499 g/mol. The zero-order chi connectivity index (χ0) is 23.7. The first-order chi connectivity index (χ1) is 16.4. The first kappa shape index (κ1) is 23.1. The summed E-state index contributed by atoms with van der Waals surface area (Å²) in [4.78, 5) is 17.5. The van der Waals surface area contributed by atoms with Crippen LogP contribution in [0.25, 0.3) is 11.3 Å². The van der Waals surface area contributed by atoms with Crippen molar-refractivity contribution in [1.82, 2.24) is 9.29 Å². The van der Waals surface area contributed by atoms with Crippen molar-refractivity contribution < 1.29 is 17.6 Å². The Labute approximate surface area is 202 Å². The van der Waals surface area contributed by atoms with Crippen molar-refractivity contribution in [3.63, 3.8) is 0 Å². The number of carbonyl (C=O) groups is 1. The Hall–Kier alpha value is -2.62. The van der Waals surface area contributed by atoms with Crippen LogP contribution >= 0.6 is 11.3 Å². The molecule has 3 aromatic rings. The molecule has 0 saturated carbocycles. The number of carbonyl (C=O) groups excluding carboxylic acids is 1. The first-order valence-corrected chi connectivity index (χ1v) is 13.9. The highest BCUT2D eigenvalue weighted by atomic mass is 32.2. The van der Waals surface area contributed by atoms with Gasteiger partial charge >= 0.3 is 0 Å². The fourth-order valence-electron chi connectivity index (χ4n) is 4.68. The summed E-state index contributed by atoms with van der Waals surface area (Å²) in [6.45, 7) is 0.492. The van der Waals surface area contributed by atoms with Gasteiger partial charge in [0.15, 0.2) is 5.13 Å². The number of halogens is 1. The summed E-state index contributed by atoms with van der Waals surface area (Å²) in [5.74, 6) is -0.896. The molecule has 0 radical (unpaired) electrons. The molecule has 2 aromatic carbocycles. The second-order valence-corrected chi connectivity index (χ2v) is 11.6. The number of aryl methyl sites for hydroxylation is 2. The Morgan fingerprint density at radius 2 is 1.74 bits per heavy atom. The Kier molecular flexibility index (Phi) is 6.50. The molecule has 6 nitrogen and oxygen atoms in total. The number of aromatic nitrogens is 1. The maximum Gasteiger partial charge on any atom is 0.243 e. The average Bonchev–Trinajstić information content (AvgIpc) is 3.32. The molecule has 0 atom stereocenters. The Morgan fingerprint density at radius 1 is 1.03 bits per heavy atom. The first-order valence-electron chi connectivity index (χ1n) is 11.5. The Balaban J connectivity index is 1.19. The Morgan fingerprint density at radius 3 is 2.47 bits per heavy atom. The molecule has 1 N–H and O–H groups in total. The number of anilines is 1. The molecule has 34 heavy (non-hydrogen) atoms. The molecule has 0 spiro atoms. The molecule has 1 saturated heterocycles. The van der Waals surface area contributed by atoms with Crippen LogP contribution in [-0.4, -0.2) is 36.7 Å². The number of hydrogen-bond acceptors (Lipinski definition) is 5. The maximum atomic E-state index is 13.1. The Bertz CT molecular complexity index is 1300. The van der Waals surface area contributed by atoms with E-state index >= 15 is 0 Å². The number of benzene rings is 2. The zero-order valence-corrected chi connectivity index (χ0v) is 20.3. The highest BCUT2D eigenvalue weighted by Crippen LogP contribution is 2.31. The summed E-state index contributed by atoms with van der Waals surface area (Å²) in [5.41, 5.74) is 4.74. The molecular weight excluding hydrogens is 473 g/mol. The standard InChI is InChI=1S/C25H26FN3O3S2/c26-21-7-9-22(10-8-21)34(31,32)29-13-11-18(12-14-29)24(30)28-25-27-23(16-33-25)20-6-5-17-3-1-2-4-19(17)15-20/h5-10,15-16,18H,1-4,11-14H2,(H,27,28,30). The quantitative estimate of drug-likeness (QED) is 0.543. The van der Waals surface area contributed by atoms with Crippen LogP contribution in [0, 0.1) is 11.7 Å². The van der Waals surface area contributed by atoms with Crippen LogP contribution in [0.4, 0.5) is 9.52 Å². The number of amides is 1. The van der Waals surface area contributed by atoms with Crippen LogP contribution in [0.5, 0.6) is 0 Å². The van der Waals surface area contributed by atoms with Crippen LogP contribution in [0.2, 0.25) is 0 Å². The van der Waals surface area contributed by atoms with E-state index in [4.69, 9.17) is 0 Å². The van der Waals surface area contributed by atoms with E-state index in [0.717, 1.165) is 36.2 Å². The molecule has 178 valence electrons. The number of nitrogens with zero attached hydrogens (tertiary/aromatic N) is 2. The second-order valence-electron chi connectivity index (χ2n) is 8.85. The average molecular weight is 500 g/mol. The van der Waals surface area contributed by atoms with Gasteiger partial charge in [-0.15, -0.1) is 11.3 Å². The highest BCUT2D eigenvalue weighted by molar-refractivity contribution is 7.89. The van der Waals surface area contributed by atoms with E-state index in [1.807, 2.05) is 5.38 Å². The largest absolute Gasteiger partial charge is 0.302 e. The molecular formula is C25H26FN3O3S2. The van der Waals surface area contributed by atoms with E-state index in [0.29, 0.717) is 18.0 Å². The molecule has 2 aliphatic rings. The third-order valence-corrected chi connectivity index (χ3v) is 9.33. The van der Waals surface area contributed by atoms with Crippen molar-refractivity contribution in [2.75, 3.05) is 18.4 Å². The lowest BCUT2D eigenvalue weighted by atomic mass is 9.90. The number of piperidine rings is 1. The van der Waals surface area contributed by atoms with Crippen molar-refractivity contribution >= 4 is 32.4 Å². The van der Waals surface area contributed by atoms with Crippen LogP contribution in [-0.2, 0) is 27.7 Å². The van der Waals surface area contributed by atoms with Crippen molar-refractivity contribution in [3.8, 4) is 11.3 Å². The van der Waals surface area contributed by atoms with Crippen molar-refractivity contribution in [2.45, 2.75) is 43.4 Å². The molecule has 1 amide bonds. The SMILES string of the molecule is O=C(Nc1nc(-c2ccc3c(c2)CCCC3)cs1)C1CCN(S(=O)(=O)c2ccc(F)cc2)CC1. The van der Waals surface area contributed by atoms with Gasteiger partial charge in [-0.1, -0.05) is 12.1 Å². The number of sulfonamides is 1. The third-order valence-electron chi connectivity index (χ3n) is 6.65. The van der Waals surface area contributed by atoms with Gasteiger partial charge in [0.25, 0.3) is 0 Å². The molecule has 0 bridgehead atoms. The van der Waals surface area contributed by atoms with E-state index in [2.05, 4.69) is 28.5 Å². The van der Waals surface area contributed by atoms with Crippen molar-refractivity contribution in [3.05, 3.63) is 64.8 Å². The molecule has 2 heterocycles. The molecule has 0 unspecified atom stereocenters. The number of nitrogens with one attached hydrogen (secondary N) is 1. The number of rotatable bonds is 5. The van der Waals surface area contributed by atoms with E-state index in [1.54, 1.807) is 0 Å². The van der Waals surface area contributed by atoms with Gasteiger partial charge in [0.1, 0.15) is 5.82 Å². The summed E-state index contributed by atoms with van der Waals surface area (Å²) >= 11 is 1.40. The minimum atomic E-state index is -3.70. The summed E-state index contributed by atoms with van der Waals surface area (Å²) in [5, 5.41) is 5.43. The van der Waals surface area contributed by atoms with E-state index < -0.39 is 15.8 Å². The molecule has 1 fully saturated rings. The van der Waals surface area contributed by atoms with Gasteiger partial charge in [0.2, 0.25) is 15.9 Å². The van der Waals surface area contributed by atoms with Gasteiger partial charge in [0, 0.05) is 30.0 Å². The van der Waals surface area contributed by atoms with Crippen LogP contribution in [0.3, 0.4) is 0 Å². The molecule has 1 aliphatic carbocycles. The normalized spacial score (nSPS) is 17.3. The minimum Gasteiger partial charge on any atom is -0.302 e. The van der Waals surface area contributed by atoms with Crippen LogP contribution in [0.15, 0.2) is 52.7 Å². The lowest BCUT2D eigenvalue weighted by Gasteiger charge is -2.30. The highest BCUT2D eigenvalue weighted by Gasteiger charge is 2.32. The molecule has 1 aliphatic heterocycles. The van der Waals surface area contributed by atoms with E-state index in [-0.39, 0.29) is 29.8 Å². The number of hydrogen-bond donors (Lipinski definition) is 1. The molecule has 9 heteroatoms. The van der Waals surface area contributed by atoms with E-state index in [1.165, 1.54) is 51.7 Å². The fourth-order valence-corrected chi connectivity index (χ4v) is 6.87. The van der Waals surface area contributed by atoms with Crippen molar-refractivity contribution in [2.24, 2.45) is 5.92 Å². The summed E-state index contributed by atoms with van der Waals surface area (Å²) in [7, 11) is -3.70. The number of thiazole rings is 1. The summed E-state index contributed by atoms with van der Waals surface area (Å²) in [6, 6.07) is 11.3. The van der Waals surface area contributed by atoms with Gasteiger partial charge in [-0.3, -0.25) is 4.79 Å². The van der Waals surface area contributed by atoms with Gasteiger partial charge in [0.05, 0.1) is 10.6 Å². The van der Waals surface area contributed by atoms with Crippen LogP contribution < -0.4 is 5.32 Å². The predicted molar refractivity (Wildman–Crippen MR) is 131 cm³/mol. The van der Waals surface area contributed by atoms with Gasteiger partial charge in [-0.25, -0.2) is 17.8 Å². The van der Waals surface area contributed by atoms with Gasteiger partial charge in [-0.2, -0.15) is 4.31 Å². The summed E-state index contributed by atoms with van der Waals surface area (Å²) < 4.78 is 40.1. The minimum absolute atomic E-state index is 0.0642. The third kappa shape index (κ3) is 4.78. The number of fused-ring (bicyclic) bond motifs is 1. The fraction of sp³-hybridized carbons (Fsp3) is 0.360. The van der Waals surface area contributed by atoms with Crippen molar-refractivity contribution in [1.29, 1.82) is 0 Å². The molecule has 5 rings (SSSR count). The lowest BCUT2D eigenvalue weighted by Crippen LogP contribution is -2.41. The molecule has 1 aromatic heterocycles. The lowest BCUT2D eigenvalue weighted by molar-refractivity contribution is -0.120. The van der Waals surface area contributed by atoms with E-state index in [9.17, 15) is 17.6 Å².